The average molecular weight is 400 g/mol. The molecule has 2 aliphatic rings. The van der Waals surface area contributed by atoms with Gasteiger partial charge >= 0.3 is 6.09 Å². The van der Waals surface area contributed by atoms with Crippen LogP contribution in [0, 0.1) is 12.8 Å². The van der Waals surface area contributed by atoms with Crippen LogP contribution < -0.4 is 5.73 Å². The summed E-state index contributed by atoms with van der Waals surface area (Å²) in [6.45, 7) is 10.5. The maximum atomic E-state index is 13.1. The summed E-state index contributed by atoms with van der Waals surface area (Å²) < 4.78 is 5.75. The molecule has 0 aromatic carbocycles. The van der Waals surface area contributed by atoms with Crippen LogP contribution >= 0.6 is 0 Å². The quantitative estimate of drug-likeness (QED) is 0.770. The van der Waals surface area contributed by atoms with Crippen LogP contribution in [0.15, 0.2) is 17.3 Å². The number of fused-ring (bicyclic) bond motifs is 5. The van der Waals surface area contributed by atoms with Crippen molar-refractivity contribution in [1.29, 1.82) is 0 Å². The number of aryl methyl sites for hydroxylation is 1. The number of carbonyl (C=O) groups excluding carboxylic acids is 1. The second-order valence-corrected chi connectivity index (χ2v) is 9.11. The number of amides is 1. The second-order valence-electron chi connectivity index (χ2n) is 9.11. The number of carbonyl (C=O) groups is 1. The van der Waals surface area contributed by atoms with Crippen LogP contribution in [0.2, 0.25) is 0 Å². The summed E-state index contributed by atoms with van der Waals surface area (Å²) in [5.41, 5.74) is 8.82. The number of nitrogens with zero attached hydrogens (tertiary/aromatic N) is 4. The lowest BCUT2D eigenvalue weighted by Crippen LogP contribution is -2.46. The molecule has 29 heavy (non-hydrogen) atoms. The van der Waals surface area contributed by atoms with Gasteiger partial charge in [-0.05, 0) is 65.2 Å². The van der Waals surface area contributed by atoms with Crippen molar-refractivity contribution in [2.45, 2.75) is 71.4 Å². The molecule has 1 amide bonds. The van der Waals surface area contributed by atoms with Gasteiger partial charge in [-0.3, -0.25) is 4.99 Å². The van der Waals surface area contributed by atoms with E-state index < -0.39 is 5.60 Å². The van der Waals surface area contributed by atoms with E-state index in [9.17, 15) is 4.79 Å². The van der Waals surface area contributed by atoms with Gasteiger partial charge in [-0.1, -0.05) is 6.92 Å². The smallest absolute Gasteiger partial charge is 0.410 e. The molecule has 1 saturated heterocycles. The van der Waals surface area contributed by atoms with Gasteiger partial charge in [0.15, 0.2) is 0 Å². The van der Waals surface area contributed by atoms with Crippen molar-refractivity contribution in [2.24, 2.45) is 16.6 Å². The highest BCUT2D eigenvalue weighted by atomic mass is 16.6. The van der Waals surface area contributed by atoms with E-state index in [-0.39, 0.29) is 18.1 Å². The summed E-state index contributed by atoms with van der Waals surface area (Å²) in [5, 5.41) is 0. The molecule has 1 aromatic rings. The molecular weight excluding hydrogens is 366 g/mol. The maximum absolute atomic E-state index is 13.1. The van der Waals surface area contributed by atoms with E-state index >= 15 is 0 Å². The minimum absolute atomic E-state index is 0.0427. The Balaban J connectivity index is 2.10. The average Bonchev–Trinajstić information content (AvgIpc) is 2.89. The van der Waals surface area contributed by atoms with E-state index in [1.807, 2.05) is 32.6 Å². The van der Waals surface area contributed by atoms with Crippen LogP contribution in [-0.2, 0) is 11.2 Å². The molecule has 7 heteroatoms. The van der Waals surface area contributed by atoms with Crippen molar-refractivity contribution in [3.63, 3.8) is 0 Å². The molecule has 1 aromatic heterocycles. The van der Waals surface area contributed by atoms with Gasteiger partial charge in [0.25, 0.3) is 0 Å². The predicted molar refractivity (Wildman–Crippen MR) is 114 cm³/mol. The Morgan fingerprint density at radius 3 is 2.66 bits per heavy atom. The number of aromatic nitrogens is 2. The molecule has 0 spiro atoms. The third-order valence-electron chi connectivity index (χ3n) is 5.76. The van der Waals surface area contributed by atoms with Gasteiger partial charge in [0.2, 0.25) is 0 Å². The molecular formula is C22H33N5O2. The minimum Gasteiger partial charge on any atom is -0.444 e. The molecule has 158 valence electrons. The number of hydrogen-bond acceptors (Lipinski definition) is 6. The van der Waals surface area contributed by atoms with Crippen LogP contribution in [0.25, 0.3) is 0 Å². The zero-order valence-electron chi connectivity index (χ0n) is 18.4. The van der Waals surface area contributed by atoms with Crippen molar-refractivity contribution < 1.29 is 9.53 Å². The van der Waals surface area contributed by atoms with Crippen LogP contribution in [0.1, 0.15) is 69.2 Å². The van der Waals surface area contributed by atoms with Crippen molar-refractivity contribution >= 4 is 11.8 Å². The molecule has 3 atom stereocenters. The maximum Gasteiger partial charge on any atom is 0.410 e. The van der Waals surface area contributed by atoms with Crippen LogP contribution in [0.5, 0.6) is 0 Å². The summed E-state index contributed by atoms with van der Waals surface area (Å²) in [6.07, 6.45) is 5.76. The Morgan fingerprint density at radius 1 is 1.31 bits per heavy atom. The molecule has 3 rings (SSSR count). The van der Waals surface area contributed by atoms with Gasteiger partial charge in [-0.15, -0.1) is 0 Å². The van der Waals surface area contributed by atoms with E-state index in [0.29, 0.717) is 24.7 Å². The third-order valence-corrected chi connectivity index (χ3v) is 5.76. The summed E-state index contributed by atoms with van der Waals surface area (Å²) >= 11 is 0. The topological polar surface area (TPSA) is 93.7 Å². The first-order chi connectivity index (χ1) is 13.6. The van der Waals surface area contributed by atoms with E-state index in [0.717, 1.165) is 35.5 Å². The van der Waals surface area contributed by atoms with Crippen LogP contribution in [0.3, 0.4) is 0 Å². The molecule has 2 N–H and O–H groups in total. The van der Waals surface area contributed by atoms with E-state index in [1.165, 1.54) is 6.20 Å². The fourth-order valence-corrected chi connectivity index (χ4v) is 4.42. The zero-order chi connectivity index (χ0) is 21.3. The molecule has 7 nitrogen and oxygen atoms in total. The normalized spacial score (nSPS) is 25.0. The van der Waals surface area contributed by atoms with E-state index in [2.05, 4.69) is 11.9 Å². The van der Waals surface area contributed by atoms with Gasteiger partial charge in [0, 0.05) is 31.1 Å². The van der Waals surface area contributed by atoms with Crippen molar-refractivity contribution in [3.8, 4) is 0 Å². The molecule has 0 aliphatic carbocycles. The van der Waals surface area contributed by atoms with E-state index in [1.54, 1.807) is 13.1 Å². The number of nitrogens with two attached hydrogens (primary N) is 1. The van der Waals surface area contributed by atoms with Crippen molar-refractivity contribution in [1.82, 2.24) is 14.9 Å². The minimum atomic E-state index is -0.525. The highest BCUT2D eigenvalue weighted by molar-refractivity contribution is 6.08. The summed E-state index contributed by atoms with van der Waals surface area (Å²) in [7, 11) is 1.74. The van der Waals surface area contributed by atoms with Crippen molar-refractivity contribution in [3.05, 3.63) is 35.1 Å². The monoisotopic (exact) mass is 399 g/mol. The Bertz CT molecular complexity index is 840. The zero-order valence-corrected chi connectivity index (χ0v) is 18.4. The molecule has 2 bridgehead atoms. The fraction of sp³-hybridized carbons (Fsp3) is 0.636. The summed E-state index contributed by atoms with van der Waals surface area (Å²) in [4.78, 5) is 28.9. The van der Waals surface area contributed by atoms with Gasteiger partial charge in [-0.25, -0.2) is 14.8 Å². The molecule has 3 heterocycles. The van der Waals surface area contributed by atoms with Gasteiger partial charge in [-0.2, -0.15) is 0 Å². The standard InChI is InChI=1S/C22H33N5O2/c1-13-7-8-15-12-27(21(28)29-22(3,4)5)18(13)11-16-19(15)25-14(2)26-20(16)17(24-6)9-10-23/h9-10,13,15,18H,7-8,11-12,23H2,1-6H3/t13-,15+,18+/m0/s1. The van der Waals surface area contributed by atoms with Gasteiger partial charge in [0.1, 0.15) is 11.4 Å². The first-order valence-corrected chi connectivity index (χ1v) is 10.4. The lowest BCUT2D eigenvalue weighted by Gasteiger charge is -2.34. The van der Waals surface area contributed by atoms with E-state index in [4.69, 9.17) is 20.4 Å². The summed E-state index contributed by atoms with van der Waals surface area (Å²) in [6, 6.07) is 0.0427. The first kappa shape index (κ1) is 21.3. The lowest BCUT2D eigenvalue weighted by molar-refractivity contribution is 0.0124. The fourth-order valence-electron chi connectivity index (χ4n) is 4.42. The Morgan fingerprint density at radius 2 is 2.03 bits per heavy atom. The molecule has 0 unspecified atom stereocenters. The number of ether oxygens (including phenoxy) is 1. The largest absolute Gasteiger partial charge is 0.444 e. The molecule has 2 aliphatic heterocycles. The Labute approximate surface area is 173 Å². The number of hydrogen-bond donors (Lipinski definition) is 1. The lowest BCUT2D eigenvalue weighted by atomic mass is 9.83. The molecule has 0 saturated carbocycles. The number of rotatable bonds is 2. The molecule has 0 radical (unpaired) electrons. The summed E-state index contributed by atoms with van der Waals surface area (Å²) in [5.74, 6) is 1.24. The Kier molecular flexibility index (Phi) is 5.96. The Hall–Kier alpha value is -2.44. The van der Waals surface area contributed by atoms with Gasteiger partial charge < -0.3 is 15.4 Å². The third kappa shape index (κ3) is 4.43. The van der Waals surface area contributed by atoms with Crippen LogP contribution in [0.4, 0.5) is 4.79 Å². The van der Waals surface area contributed by atoms with Crippen molar-refractivity contribution in [2.75, 3.05) is 13.6 Å². The predicted octanol–water partition coefficient (Wildman–Crippen LogP) is 3.35. The number of allylic oxidation sites excluding steroid dienone is 1. The molecule has 1 fully saturated rings. The highest BCUT2D eigenvalue weighted by Crippen LogP contribution is 2.39. The first-order valence-electron chi connectivity index (χ1n) is 10.4. The highest BCUT2D eigenvalue weighted by Gasteiger charge is 2.41. The second kappa shape index (κ2) is 8.13. The SMILES string of the molecule is CN=C(C=CN)c1nc(C)nc2c1C[C@@H]1[C@@H](C)CC[C@@H]2CN1C(=O)OC(C)(C)C. The van der Waals surface area contributed by atoms with Gasteiger partial charge in [0.05, 0.1) is 17.1 Å². The number of aliphatic imine (C=N–C) groups is 1. The van der Waals surface area contributed by atoms with Crippen LogP contribution in [-0.4, -0.2) is 51.9 Å².